The first-order chi connectivity index (χ1) is 9.44. The Balaban J connectivity index is 2.21. The number of aromatic nitrogens is 2. The highest BCUT2D eigenvalue weighted by Gasteiger charge is 2.17. The second-order valence-corrected chi connectivity index (χ2v) is 5.61. The highest BCUT2D eigenvalue weighted by molar-refractivity contribution is 6.32. The largest absolute Gasteiger partial charge is 0.437 e. The molecule has 1 aromatic carbocycles. The van der Waals surface area contributed by atoms with E-state index in [4.69, 9.17) is 22.1 Å². The molecule has 1 aromatic heterocycles. The van der Waals surface area contributed by atoms with Crippen LogP contribution >= 0.6 is 11.6 Å². The van der Waals surface area contributed by atoms with Crippen molar-refractivity contribution in [1.82, 2.24) is 9.97 Å². The fourth-order valence-corrected chi connectivity index (χ4v) is 1.86. The van der Waals surface area contributed by atoms with Crippen molar-refractivity contribution < 1.29 is 4.74 Å². The number of rotatable bonds is 4. The number of nitrogens with two attached hydrogens (primary N) is 1. The molecule has 0 unspecified atom stereocenters. The highest BCUT2D eigenvalue weighted by atomic mass is 35.5. The number of nitrogens with zero attached hydrogens (tertiary/aromatic N) is 2. The molecule has 0 aliphatic heterocycles. The highest BCUT2D eigenvalue weighted by Crippen LogP contribution is 2.31. The lowest BCUT2D eigenvalue weighted by atomic mass is 9.82. The Hall–Kier alpha value is -1.81. The summed E-state index contributed by atoms with van der Waals surface area (Å²) in [5.74, 6) is 0.939. The quantitative estimate of drug-likeness (QED) is 0.858. The molecule has 0 saturated carbocycles. The number of nitrogen functional groups attached to an aromatic ring is 1. The molecule has 4 nitrogen and oxygen atoms in total. The van der Waals surface area contributed by atoms with Gasteiger partial charge in [-0.25, -0.2) is 4.98 Å². The Labute approximate surface area is 124 Å². The van der Waals surface area contributed by atoms with Crippen LogP contribution in [0.5, 0.6) is 11.6 Å². The molecule has 0 amide bonds. The molecule has 0 fully saturated rings. The van der Waals surface area contributed by atoms with E-state index < -0.39 is 0 Å². The van der Waals surface area contributed by atoms with Crippen LogP contribution in [0.1, 0.15) is 32.8 Å². The van der Waals surface area contributed by atoms with E-state index >= 15 is 0 Å². The molecule has 5 heteroatoms. The number of hydrogen-bond acceptors (Lipinski definition) is 4. The van der Waals surface area contributed by atoms with Gasteiger partial charge in [-0.05, 0) is 29.5 Å². The molecule has 0 aliphatic carbocycles. The first kappa shape index (κ1) is 14.6. The summed E-state index contributed by atoms with van der Waals surface area (Å²) >= 11 is 5.83. The fraction of sp³-hybridized carbons (Fsp3) is 0.333. The molecule has 0 spiro atoms. The van der Waals surface area contributed by atoms with Gasteiger partial charge in [-0.15, -0.1) is 0 Å². The zero-order chi connectivity index (χ0) is 14.8. The molecule has 106 valence electrons. The molecule has 20 heavy (non-hydrogen) atoms. The third-order valence-electron chi connectivity index (χ3n) is 3.53. The molecule has 2 N–H and O–H groups in total. The van der Waals surface area contributed by atoms with Crippen molar-refractivity contribution in [1.29, 1.82) is 0 Å². The van der Waals surface area contributed by atoms with E-state index in [2.05, 4.69) is 42.9 Å². The Morgan fingerprint density at radius 3 is 2.45 bits per heavy atom. The molecule has 0 atom stereocenters. The van der Waals surface area contributed by atoms with Crippen LogP contribution in [0.2, 0.25) is 5.15 Å². The first-order valence-electron chi connectivity index (χ1n) is 6.48. The third-order valence-corrected chi connectivity index (χ3v) is 3.83. The van der Waals surface area contributed by atoms with Crippen LogP contribution in [0, 0.1) is 0 Å². The minimum absolute atomic E-state index is 0.149. The average molecular weight is 292 g/mol. The van der Waals surface area contributed by atoms with Crippen LogP contribution in [0.4, 0.5) is 5.69 Å². The fourth-order valence-electron chi connectivity index (χ4n) is 1.73. The van der Waals surface area contributed by atoms with Gasteiger partial charge < -0.3 is 10.5 Å². The van der Waals surface area contributed by atoms with E-state index in [0.29, 0.717) is 5.75 Å². The van der Waals surface area contributed by atoms with Gasteiger partial charge >= 0.3 is 0 Å². The lowest BCUT2D eigenvalue weighted by Gasteiger charge is -2.23. The maximum Gasteiger partial charge on any atom is 0.247 e. The predicted octanol–water partition coefficient (Wildman–Crippen LogP) is 4.19. The topological polar surface area (TPSA) is 61.0 Å². The number of hydrogen-bond donors (Lipinski definition) is 1. The van der Waals surface area contributed by atoms with Crippen LogP contribution < -0.4 is 10.5 Å². The summed E-state index contributed by atoms with van der Waals surface area (Å²) < 4.78 is 5.63. The standard InChI is InChI=1S/C15H18ClN3O/c1-4-15(2,3)10-5-7-11(8-6-10)20-14-12(17)13(16)18-9-19-14/h5-9H,4,17H2,1-3H3. The Morgan fingerprint density at radius 1 is 1.20 bits per heavy atom. The van der Waals surface area contributed by atoms with E-state index in [1.165, 1.54) is 11.9 Å². The second kappa shape index (κ2) is 5.67. The van der Waals surface area contributed by atoms with Gasteiger partial charge in [0.15, 0.2) is 5.15 Å². The first-order valence-corrected chi connectivity index (χ1v) is 6.86. The maximum absolute atomic E-state index is 5.83. The van der Waals surface area contributed by atoms with Crippen molar-refractivity contribution in [3.05, 3.63) is 41.3 Å². The van der Waals surface area contributed by atoms with Crippen molar-refractivity contribution >= 4 is 17.3 Å². The molecular weight excluding hydrogens is 274 g/mol. The zero-order valence-corrected chi connectivity index (χ0v) is 12.6. The molecule has 0 bridgehead atoms. The van der Waals surface area contributed by atoms with Gasteiger partial charge in [-0.3, -0.25) is 0 Å². The summed E-state index contributed by atoms with van der Waals surface area (Å²) in [4.78, 5) is 7.77. The van der Waals surface area contributed by atoms with Crippen molar-refractivity contribution in [3.63, 3.8) is 0 Å². The van der Waals surface area contributed by atoms with Gasteiger partial charge in [0, 0.05) is 0 Å². The van der Waals surface area contributed by atoms with Gasteiger partial charge in [-0.1, -0.05) is 44.5 Å². The molecule has 0 radical (unpaired) electrons. The van der Waals surface area contributed by atoms with Gasteiger partial charge in [0.1, 0.15) is 17.8 Å². The maximum atomic E-state index is 5.83. The summed E-state index contributed by atoms with van der Waals surface area (Å²) in [6.45, 7) is 6.60. The number of halogens is 1. The van der Waals surface area contributed by atoms with E-state index in [1.54, 1.807) is 0 Å². The van der Waals surface area contributed by atoms with Gasteiger partial charge in [0.25, 0.3) is 0 Å². The van der Waals surface area contributed by atoms with Crippen molar-refractivity contribution in [2.24, 2.45) is 0 Å². The molecular formula is C15H18ClN3O. The number of anilines is 1. The van der Waals surface area contributed by atoms with Crippen molar-refractivity contribution in [2.75, 3.05) is 5.73 Å². The average Bonchev–Trinajstić information content (AvgIpc) is 2.44. The summed E-state index contributed by atoms with van der Waals surface area (Å²) in [6.07, 6.45) is 2.39. The molecule has 0 aliphatic rings. The minimum Gasteiger partial charge on any atom is -0.437 e. The monoisotopic (exact) mass is 291 g/mol. The normalized spacial score (nSPS) is 11.4. The van der Waals surface area contributed by atoms with E-state index in [0.717, 1.165) is 6.42 Å². The van der Waals surface area contributed by atoms with E-state index in [9.17, 15) is 0 Å². The zero-order valence-electron chi connectivity index (χ0n) is 11.9. The van der Waals surface area contributed by atoms with E-state index in [1.807, 2.05) is 12.1 Å². The summed E-state index contributed by atoms with van der Waals surface area (Å²) in [6, 6.07) is 7.92. The SMILES string of the molecule is CCC(C)(C)c1ccc(Oc2ncnc(Cl)c2N)cc1. The number of benzene rings is 1. The van der Waals surface area contributed by atoms with Gasteiger partial charge in [0.05, 0.1) is 0 Å². The van der Waals surface area contributed by atoms with Crippen LogP contribution in [0.15, 0.2) is 30.6 Å². The van der Waals surface area contributed by atoms with Crippen molar-refractivity contribution in [2.45, 2.75) is 32.6 Å². The number of ether oxygens (including phenoxy) is 1. The van der Waals surface area contributed by atoms with E-state index in [-0.39, 0.29) is 22.1 Å². The summed E-state index contributed by atoms with van der Waals surface area (Å²) in [5.41, 5.74) is 7.43. The van der Waals surface area contributed by atoms with Crippen LogP contribution in [-0.4, -0.2) is 9.97 Å². The summed E-state index contributed by atoms with van der Waals surface area (Å²) in [5, 5.41) is 0.193. The van der Waals surface area contributed by atoms with Crippen molar-refractivity contribution in [3.8, 4) is 11.6 Å². The minimum atomic E-state index is 0.149. The smallest absolute Gasteiger partial charge is 0.247 e. The van der Waals surface area contributed by atoms with Crippen LogP contribution in [-0.2, 0) is 5.41 Å². The Bertz CT molecular complexity index is 597. The predicted molar refractivity (Wildman–Crippen MR) is 81.3 cm³/mol. The van der Waals surface area contributed by atoms with Crippen LogP contribution in [0.3, 0.4) is 0 Å². The van der Waals surface area contributed by atoms with Crippen LogP contribution in [0.25, 0.3) is 0 Å². The molecule has 2 aromatic rings. The molecule has 0 saturated heterocycles. The third kappa shape index (κ3) is 3.02. The lowest BCUT2D eigenvalue weighted by Crippen LogP contribution is -2.14. The Kier molecular flexibility index (Phi) is 4.14. The lowest BCUT2D eigenvalue weighted by molar-refractivity contribution is 0.461. The van der Waals surface area contributed by atoms with Gasteiger partial charge in [-0.2, -0.15) is 4.98 Å². The Morgan fingerprint density at radius 2 is 1.85 bits per heavy atom. The summed E-state index contributed by atoms with van der Waals surface area (Å²) in [7, 11) is 0. The second-order valence-electron chi connectivity index (χ2n) is 5.25. The van der Waals surface area contributed by atoms with Gasteiger partial charge in [0.2, 0.25) is 5.88 Å². The molecule has 1 heterocycles. The molecule has 2 rings (SSSR count).